The summed E-state index contributed by atoms with van der Waals surface area (Å²) in [4.78, 5) is 23.5. The Hall–Kier alpha value is -4.04. The van der Waals surface area contributed by atoms with Crippen LogP contribution in [0.4, 0.5) is 4.39 Å². The van der Waals surface area contributed by atoms with Gasteiger partial charge in [-0.05, 0) is 42.4 Å². The van der Waals surface area contributed by atoms with Gasteiger partial charge in [-0.25, -0.2) is 14.4 Å². The molecule has 1 aromatic heterocycles. The van der Waals surface area contributed by atoms with Crippen LogP contribution in [-0.2, 0) is 4.79 Å². The number of primary amides is 1. The minimum Gasteiger partial charge on any atom is -0.493 e. The van der Waals surface area contributed by atoms with Crippen molar-refractivity contribution >= 4 is 16.8 Å². The molecule has 0 aliphatic rings. The minimum absolute atomic E-state index is 0.369. The molecule has 4 aromatic rings. The molecule has 37 heavy (non-hydrogen) atoms. The summed E-state index contributed by atoms with van der Waals surface area (Å²) in [6, 6.07) is 17.0. The standard InChI is InChI=1S/C29H31FN4O3/c1-4-34(5-2)14-15-37-26-16-23-24(17-25(26)36-3)32-18-33-28(23)21-8-6-19(7-9-21)27(29(31)35)20-10-12-22(30)13-11-20/h6-13,16-18,27H,4-5,14-15H2,1-3H3,(H2,31,35). The molecule has 7 nitrogen and oxygen atoms in total. The summed E-state index contributed by atoms with van der Waals surface area (Å²) in [5.41, 5.74) is 9.34. The number of amides is 1. The van der Waals surface area contributed by atoms with Crippen molar-refractivity contribution in [1.29, 1.82) is 0 Å². The Morgan fingerprint density at radius 3 is 2.22 bits per heavy atom. The quantitative estimate of drug-likeness (QED) is 0.317. The number of methoxy groups -OCH3 is 1. The SMILES string of the molecule is CCN(CC)CCOc1cc2c(-c3ccc(C(C(N)=O)c4ccc(F)cc4)cc3)ncnc2cc1OC. The van der Waals surface area contributed by atoms with Crippen molar-refractivity contribution in [1.82, 2.24) is 14.9 Å². The minimum atomic E-state index is -0.688. The van der Waals surface area contributed by atoms with Gasteiger partial charge in [-0.15, -0.1) is 0 Å². The molecule has 1 atom stereocenters. The summed E-state index contributed by atoms with van der Waals surface area (Å²) in [7, 11) is 1.61. The first kappa shape index (κ1) is 26.0. The van der Waals surface area contributed by atoms with E-state index < -0.39 is 11.8 Å². The number of likely N-dealkylation sites (N-methyl/N-ethyl adjacent to an activating group) is 1. The van der Waals surface area contributed by atoms with Crippen molar-refractivity contribution in [3.63, 3.8) is 0 Å². The van der Waals surface area contributed by atoms with Crippen LogP contribution in [0.15, 0.2) is 67.0 Å². The number of halogens is 1. The monoisotopic (exact) mass is 502 g/mol. The molecule has 3 aromatic carbocycles. The molecule has 0 fully saturated rings. The predicted molar refractivity (Wildman–Crippen MR) is 142 cm³/mol. The fourth-order valence-electron chi connectivity index (χ4n) is 4.40. The van der Waals surface area contributed by atoms with Crippen LogP contribution in [0.3, 0.4) is 0 Å². The molecule has 0 radical (unpaired) electrons. The number of ether oxygens (including phenoxy) is 2. The summed E-state index contributed by atoms with van der Waals surface area (Å²) in [6.07, 6.45) is 1.51. The van der Waals surface area contributed by atoms with E-state index in [-0.39, 0.29) is 5.82 Å². The third-order valence-electron chi connectivity index (χ3n) is 6.49. The molecular formula is C29H31FN4O3. The van der Waals surface area contributed by atoms with Crippen LogP contribution in [0.5, 0.6) is 11.5 Å². The molecule has 4 rings (SSSR count). The van der Waals surface area contributed by atoms with E-state index in [4.69, 9.17) is 15.2 Å². The van der Waals surface area contributed by atoms with E-state index in [0.29, 0.717) is 29.2 Å². The highest BCUT2D eigenvalue weighted by atomic mass is 19.1. The molecule has 0 aliphatic carbocycles. The van der Waals surface area contributed by atoms with Crippen LogP contribution in [0.1, 0.15) is 30.9 Å². The van der Waals surface area contributed by atoms with Crippen LogP contribution < -0.4 is 15.2 Å². The Morgan fingerprint density at radius 1 is 0.973 bits per heavy atom. The maximum atomic E-state index is 13.4. The molecule has 0 saturated heterocycles. The van der Waals surface area contributed by atoms with Crippen LogP contribution >= 0.6 is 0 Å². The number of carbonyl (C=O) groups excluding carboxylic acids is 1. The van der Waals surface area contributed by atoms with Gasteiger partial charge >= 0.3 is 0 Å². The van der Waals surface area contributed by atoms with Crippen molar-refractivity contribution in [2.24, 2.45) is 5.73 Å². The maximum absolute atomic E-state index is 13.4. The maximum Gasteiger partial charge on any atom is 0.229 e. The first-order valence-corrected chi connectivity index (χ1v) is 12.3. The molecule has 1 amide bonds. The van der Waals surface area contributed by atoms with Crippen LogP contribution in [0.25, 0.3) is 22.2 Å². The molecule has 192 valence electrons. The first-order valence-electron chi connectivity index (χ1n) is 12.3. The van der Waals surface area contributed by atoms with Gasteiger partial charge in [-0.2, -0.15) is 0 Å². The van der Waals surface area contributed by atoms with Gasteiger partial charge in [-0.1, -0.05) is 50.2 Å². The van der Waals surface area contributed by atoms with E-state index in [0.717, 1.165) is 41.8 Å². The van der Waals surface area contributed by atoms with Crippen molar-refractivity contribution in [3.05, 3.63) is 83.9 Å². The highest BCUT2D eigenvalue weighted by Crippen LogP contribution is 2.36. The molecule has 0 aliphatic heterocycles. The van der Waals surface area contributed by atoms with Crippen LogP contribution in [-0.4, -0.2) is 54.1 Å². The lowest BCUT2D eigenvalue weighted by Gasteiger charge is -2.19. The van der Waals surface area contributed by atoms with Crippen molar-refractivity contribution in [2.45, 2.75) is 19.8 Å². The second-order valence-corrected chi connectivity index (χ2v) is 8.63. The Kier molecular flexibility index (Phi) is 8.30. The summed E-state index contributed by atoms with van der Waals surface area (Å²) in [5, 5.41) is 0.818. The largest absolute Gasteiger partial charge is 0.493 e. The second kappa shape index (κ2) is 11.8. The highest BCUT2D eigenvalue weighted by molar-refractivity contribution is 5.94. The number of aromatic nitrogens is 2. The number of fused-ring (bicyclic) bond motifs is 1. The lowest BCUT2D eigenvalue weighted by Crippen LogP contribution is -2.27. The fraction of sp³-hybridized carbons (Fsp3) is 0.276. The smallest absolute Gasteiger partial charge is 0.229 e. The van der Waals surface area contributed by atoms with Crippen LogP contribution in [0.2, 0.25) is 0 Å². The van der Waals surface area contributed by atoms with E-state index in [1.54, 1.807) is 19.2 Å². The average Bonchev–Trinajstić information content (AvgIpc) is 2.92. The predicted octanol–water partition coefficient (Wildman–Crippen LogP) is 4.78. The number of hydrogen-bond donors (Lipinski definition) is 1. The number of rotatable bonds is 11. The van der Waals surface area contributed by atoms with E-state index in [1.807, 2.05) is 36.4 Å². The highest BCUT2D eigenvalue weighted by Gasteiger charge is 2.21. The zero-order valence-corrected chi connectivity index (χ0v) is 21.3. The number of carbonyl (C=O) groups is 1. The zero-order chi connectivity index (χ0) is 26.4. The molecular weight excluding hydrogens is 471 g/mol. The van der Waals surface area contributed by atoms with E-state index in [2.05, 4.69) is 28.7 Å². The van der Waals surface area contributed by atoms with E-state index in [1.165, 1.54) is 18.5 Å². The third kappa shape index (κ3) is 5.86. The molecule has 2 N–H and O–H groups in total. The molecule has 0 spiro atoms. The van der Waals surface area contributed by atoms with Gasteiger partial charge in [0.15, 0.2) is 11.5 Å². The number of nitrogens with two attached hydrogens (primary N) is 1. The number of benzene rings is 3. The van der Waals surface area contributed by atoms with E-state index >= 15 is 0 Å². The van der Waals surface area contributed by atoms with Crippen molar-refractivity contribution in [2.75, 3.05) is 33.4 Å². The molecule has 1 heterocycles. The zero-order valence-electron chi connectivity index (χ0n) is 21.3. The lowest BCUT2D eigenvalue weighted by molar-refractivity contribution is -0.118. The molecule has 0 saturated carbocycles. The Morgan fingerprint density at radius 2 is 1.62 bits per heavy atom. The van der Waals surface area contributed by atoms with Crippen molar-refractivity contribution in [3.8, 4) is 22.8 Å². The van der Waals surface area contributed by atoms with Gasteiger partial charge in [0.1, 0.15) is 18.8 Å². The van der Waals surface area contributed by atoms with Gasteiger partial charge in [-0.3, -0.25) is 4.79 Å². The Bertz CT molecular complexity index is 1360. The van der Waals surface area contributed by atoms with Gasteiger partial charge in [0.25, 0.3) is 0 Å². The Balaban J connectivity index is 1.66. The summed E-state index contributed by atoms with van der Waals surface area (Å²) in [6.45, 7) is 7.50. The fourth-order valence-corrected chi connectivity index (χ4v) is 4.40. The van der Waals surface area contributed by atoms with E-state index in [9.17, 15) is 9.18 Å². The summed E-state index contributed by atoms with van der Waals surface area (Å²) in [5.74, 6) is -0.334. The van der Waals surface area contributed by atoms with Gasteiger partial charge < -0.3 is 20.1 Å². The second-order valence-electron chi connectivity index (χ2n) is 8.63. The first-order chi connectivity index (χ1) is 17.9. The molecule has 0 bridgehead atoms. The topological polar surface area (TPSA) is 90.6 Å². The van der Waals surface area contributed by atoms with Gasteiger partial charge in [0.2, 0.25) is 5.91 Å². The van der Waals surface area contributed by atoms with Gasteiger partial charge in [0, 0.05) is 23.6 Å². The average molecular weight is 503 g/mol. The summed E-state index contributed by atoms with van der Waals surface area (Å²) >= 11 is 0. The summed E-state index contributed by atoms with van der Waals surface area (Å²) < 4.78 is 25.0. The number of nitrogens with zero attached hydrogens (tertiary/aromatic N) is 3. The lowest BCUT2D eigenvalue weighted by atomic mass is 9.90. The van der Waals surface area contributed by atoms with Crippen LogP contribution in [0, 0.1) is 5.82 Å². The van der Waals surface area contributed by atoms with Gasteiger partial charge in [0.05, 0.1) is 24.2 Å². The number of hydrogen-bond acceptors (Lipinski definition) is 6. The Labute approximate surface area is 216 Å². The molecule has 8 heteroatoms. The van der Waals surface area contributed by atoms with Crippen molar-refractivity contribution < 1.29 is 18.7 Å². The third-order valence-corrected chi connectivity index (χ3v) is 6.49. The normalized spacial score (nSPS) is 12.0. The molecule has 1 unspecified atom stereocenters.